The number of aliphatic hydroxyl groups excluding tert-OH is 1. The quantitative estimate of drug-likeness (QED) is 0.711. The normalized spacial score (nSPS) is 22.1. The van der Waals surface area contributed by atoms with Gasteiger partial charge in [-0.2, -0.15) is 0 Å². The van der Waals surface area contributed by atoms with E-state index in [0.29, 0.717) is 29.2 Å². The number of hydrogen-bond acceptors (Lipinski definition) is 6. The number of hydrogen-bond donors (Lipinski definition) is 3. The molecule has 0 saturated carbocycles. The van der Waals surface area contributed by atoms with Crippen LogP contribution in [-0.4, -0.2) is 37.9 Å². The first-order chi connectivity index (χ1) is 8.75. The molecule has 0 amide bonds. The molecule has 92 valence electrons. The summed E-state index contributed by atoms with van der Waals surface area (Å²) in [5.41, 5.74) is 6.21. The number of rotatable bonds is 3. The van der Waals surface area contributed by atoms with E-state index in [1.165, 1.54) is 6.33 Å². The van der Waals surface area contributed by atoms with E-state index in [0.717, 1.165) is 0 Å². The van der Waals surface area contributed by atoms with Gasteiger partial charge in [-0.1, -0.05) is 0 Å². The largest absolute Gasteiger partial charge is 0.396 e. The lowest BCUT2D eigenvalue weighted by Crippen LogP contribution is -2.22. The number of nitrogens with one attached hydrogen (secondary N) is 1. The van der Waals surface area contributed by atoms with E-state index >= 15 is 0 Å². The van der Waals surface area contributed by atoms with Crippen LogP contribution in [0.5, 0.6) is 0 Å². The molecule has 0 saturated heterocycles. The number of nitrogens with zero attached hydrogens (tertiary/aromatic N) is 4. The highest BCUT2D eigenvalue weighted by Gasteiger charge is 2.33. The van der Waals surface area contributed by atoms with E-state index in [2.05, 4.69) is 24.9 Å². The first-order valence-electron chi connectivity index (χ1n) is 5.56. The summed E-state index contributed by atoms with van der Waals surface area (Å²) in [6, 6.07) is 0. The summed E-state index contributed by atoms with van der Waals surface area (Å²) in [6.45, 7) is 0.0138. The predicted octanol–water partition coefficient (Wildman–Crippen LogP) is 0.153. The van der Waals surface area contributed by atoms with Crippen molar-refractivity contribution in [2.75, 3.05) is 12.3 Å². The van der Waals surface area contributed by atoms with Crippen molar-refractivity contribution >= 4 is 23.2 Å². The number of imidazole rings is 1. The molecule has 18 heavy (non-hydrogen) atoms. The summed E-state index contributed by atoms with van der Waals surface area (Å²) in [4.78, 5) is 19.8. The van der Waals surface area contributed by atoms with Crippen LogP contribution < -0.4 is 5.73 Å². The second-order valence-electron chi connectivity index (χ2n) is 4.08. The highest BCUT2D eigenvalue weighted by atomic mass is 16.3. The molecule has 1 aliphatic heterocycles. The Morgan fingerprint density at radius 2 is 2.28 bits per heavy atom. The minimum Gasteiger partial charge on any atom is -0.396 e. The van der Waals surface area contributed by atoms with Crippen molar-refractivity contribution in [3.63, 3.8) is 0 Å². The van der Waals surface area contributed by atoms with Gasteiger partial charge in [-0.15, -0.1) is 0 Å². The summed E-state index contributed by atoms with van der Waals surface area (Å²) >= 11 is 0. The monoisotopic (exact) mass is 244 g/mol. The SMILES string of the molecule is Nc1ncnc2nc(C3(CCO)C=CC=N3)[nH]c12. The Bertz CT molecular complexity index is 632. The van der Waals surface area contributed by atoms with Crippen LogP contribution in [0.4, 0.5) is 5.82 Å². The van der Waals surface area contributed by atoms with E-state index < -0.39 is 5.54 Å². The fourth-order valence-corrected chi connectivity index (χ4v) is 2.05. The van der Waals surface area contributed by atoms with Gasteiger partial charge >= 0.3 is 0 Å². The zero-order valence-electron chi connectivity index (χ0n) is 9.54. The van der Waals surface area contributed by atoms with Crippen LogP contribution >= 0.6 is 0 Å². The third kappa shape index (κ3) is 1.48. The Kier molecular flexibility index (Phi) is 2.34. The van der Waals surface area contributed by atoms with E-state index in [1.54, 1.807) is 6.21 Å². The minimum atomic E-state index is -0.651. The molecular formula is C11H12N6O. The number of nitrogens with two attached hydrogens (primary N) is 1. The molecule has 3 rings (SSSR count). The minimum absolute atomic E-state index is 0.0138. The molecule has 3 heterocycles. The summed E-state index contributed by atoms with van der Waals surface area (Å²) in [7, 11) is 0. The Labute approximate surface area is 103 Å². The summed E-state index contributed by atoms with van der Waals surface area (Å²) in [6.07, 6.45) is 7.24. The van der Waals surface area contributed by atoms with Crippen molar-refractivity contribution in [1.82, 2.24) is 19.9 Å². The van der Waals surface area contributed by atoms with Gasteiger partial charge in [0.15, 0.2) is 11.5 Å². The molecule has 1 unspecified atom stereocenters. The smallest absolute Gasteiger partial charge is 0.183 e. The van der Waals surface area contributed by atoms with Gasteiger partial charge in [-0.25, -0.2) is 15.0 Å². The number of fused-ring (bicyclic) bond motifs is 1. The van der Waals surface area contributed by atoms with Gasteiger partial charge in [0.1, 0.15) is 23.2 Å². The number of aromatic nitrogens is 4. The van der Waals surface area contributed by atoms with Crippen LogP contribution in [0.1, 0.15) is 12.2 Å². The van der Waals surface area contributed by atoms with E-state index in [9.17, 15) is 5.11 Å². The van der Waals surface area contributed by atoms with Gasteiger partial charge in [0.05, 0.1) is 0 Å². The average Bonchev–Trinajstić information content (AvgIpc) is 2.97. The highest BCUT2D eigenvalue weighted by Crippen LogP contribution is 2.32. The summed E-state index contributed by atoms with van der Waals surface area (Å²) in [5.74, 6) is 0.965. The number of nitrogen functional groups attached to an aromatic ring is 1. The van der Waals surface area contributed by atoms with Crippen molar-refractivity contribution in [3.8, 4) is 0 Å². The van der Waals surface area contributed by atoms with E-state index in [-0.39, 0.29) is 6.61 Å². The fraction of sp³-hybridized carbons (Fsp3) is 0.273. The first kappa shape index (κ1) is 10.8. The number of H-pyrrole nitrogens is 1. The van der Waals surface area contributed by atoms with Gasteiger partial charge < -0.3 is 15.8 Å². The number of anilines is 1. The molecule has 0 spiro atoms. The molecule has 7 heteroatoms. The van der Waals surface area contributed by atoms with Crippen molar-refractivity contribution < 1.29 is 5.11 Å². The second-order valence-corrected chi connectivity index (χ2v) is 4.08. The molecule has 0 aromatic carbocycles. The van der Waals surface area contributed by atoms with Crippen LogP contribution in [0, 0.1) is 0 Å². The van der Waals surface area contributed by atoms with E-state index in [4.69, 9.17) is 5.73 Å². The van der Waals surface area contributed by atoms with Gasteiger partial charge in [0.25, 0.3) is 0 Å². The molecule has 0 fully saturated rings. The van der Waals surface area contributed by atoms with Gasteiger partial charge in [0.2, 0.25) is 0 Å². The molecule has 7 nitrogen and oxygen atoms in total. The molecule has 2 aromatic rings. The predicted molar refractivity (Wildman–Crippen MR) is 67.1 cm³/mol. The Hall–Kier alpha value is -2.28. The molecule has 4 N–H and O–H groups in total. The number of aromatic amines is 1. The topological polar surface area (TPSA) is 113 Å². The molecule has 0 aliphatic carbocycles. The van der Waals surface area contributed by atoms with Crippen molar-refractivity contribution in [1.29, 1.82) is 0 Å². The molecule has 0 radical (unpaired) electrons. The first-order valence-corrected chi connectivity index (χ1v) is 5.56. The average molecular weight is 244 g/mol. The van der Waals surface area contributed by atoms with Crippen molar-refractivity contribution in [2.45, 2.75) is 12.0 Å². The van der Waals surface area contributed by atoms with Crippen LogP contribution in [0.2, 0.25) is 0 Å². The number of allylic oxidation sites excluding steroid dienone is 1. The highest BCUT2D eigenvalue weighted by molar-refractivity contribution is 5.82. The summed E-state index contributed by atoms with van der Waals surface area (Å²) < 4.78 is 0. The van der Waals surface area contributed by atoms with Crippen LogP contribution in [0.3, 0.4) is 0 Å². The van der Waals surface area contributed by atoms with Gasteiger partial charge in [-0.05, 0) is 12.2 Å². The maximum Gasteiger partial charge on any atom is 0.183 e. The molecule has 2 aromatic heterocycles. The third-order valence-electron chi connectivity index (χ3n) is 2.98. The van der Waals surface area contributed by atoms with Crippen LogP contribution in [-0.2, 0) is 5.54 Å². The standard InChI is InChI=1S/C11H12N6O/c12-8-7-9(14-6-13-8)17-10(16-7)11(3-5-18)2-1-4-15-11/h1-2,4,6,18H,3,5H2,(H3,12,13,14,16,17). The lowest BCUT2D eigenvalue weighted by Gasteiger charge is -2.20. The lowest BCUT2D eigenvalue weighted by molar-refractivity contribution is 0.257. The van der Waals surface area contributed by atoms with Crippen molar-refractivity contribution in [3.05, 3.63) is 24.3 Å². The second kappa shape index (κ2) is 3.88. The number of aliphatic hydroxyl groups is 1. The molecular weight excluding hydrogens is 232 g/mol. The van der Waals surface area contributed by atoms with Gasteiger partial charge in [-0.3, -0.25) is 4.99 Å². The number of aliphatic imine (C=N–C) groups is 1. The zero-order valence-corrected chi connectivity index (χ0v) is 9.54. The van der Waals surface area contributed by atoms with Crippen molar-refractivity contribution in [2.24, 2.45) is 4.99 Å². The molecule has 1 atom stereocenters. The molecule has 1 aliphatic rings. The Morgan fingerprint density at radius 3 is 2.94 bits per heavy atom. The Morgan fingerprint density at radius 1 is 1.39 bits per heavy atom. The van der Waals surface area contributed by atoms with Crippen LogP contribution in [0.25, 0.3) is 11.2 Å². The maximum atomic E-state index is 9.18. The van der Waals surface area contributed by atoms with E-state index in [1.807, 2.05) is 12.2 Å². The third-order valence-corrected chi connectivity index (χ3v) is 2.98. The summed E-state index contributed by atoms with van der Waals surface area (Å²) in [5, 5.41) is 9.18. The Balaban J connectivity index is 2.16. The zero-order chi connectivity index (χ0) is 12.6. The lowest BCUT2D eigenvalue weighted by atomic mass is 9.96. The van der Waals surface area contributed by atoms with Crippen LogP contribution in [0.15, 0.2) is 23.5 Å². The van der Waals surface area contributed by atoms with Gasteiger partial charge in [0, 0.05) is 19.2 Å². The fourth-order valence-electron chi connectivity index (χ4n) is 2.05. The molecule has 0 bridgehead atoms. The maximum absolute atomic E-state index is 9.18.